The minimum atomic E-state index is 0.0663. The summed E-state index contributed by atoms with van der Waals surface area (Å²) in [6, 6.07) is 8.30. The van der Waals surface area contributed by atoms with Crippen LogP contribution in [0, 0.1) is 11.8 Å². The van der Waals surface area contributed by atoms with Crippen LogP contribution in [0.2, 0.25) is 0 Å². The second-order valence-electron chi connectivity index (χ2n) is 8.16. The highest BCUT2D eigenvalue weighted by molar-refractivity contribution is 5.96. The van der Waals surface area contributed by atoms with Crippen LogP contribution in [0.4, 0.5) is 5.69 Å². The van der Waals surface area contributed by atoms with E-state index in [0.717, 1.165) is 63.8 Å². The van der Waals surface area contributed by atoms with Gasteiger partial charge >= 0.3 is 0 Å². The number of benzene rings is 1. The van der Waals surface area contributed by atoms with Gasteiger partial charge in [-0.2, -0.15) is 0 Å². The minimum absolute atomic E-state index is 0.0663. The molecule has 1 aliphatic carbocycles. The monoisotopic (exact) mass is 354 g/mol. The molecule has 3 aliphatic rings. The van der Waals surface area contributed by atoms with Crippen molar-refractivity contribution in [1.29, 1.82) is 0 Å². The molecule has 1 aromatic carbocycles. The van der Waals surface area contributed by atoms with E-state index >= 15 is 0 Å². The molecule has 0 spiro atoms. The summed E-state index contributed by atoms with van der Waals surface area (Å²) in [5.74, 6) is 0.919. The smallest absolute Gasteiger partial charge is 0.230 e. The Labute approximate surface area is 156 Å². The average molecular weight is 354 g/mol. The number of piperidine rings is 1. The number of anilines is 1. The predicted octanol–water partition coefficient (Wildman–Crippen LogP) is 3.78. The summed E-state index contributed by atoms with van der Waals surface area (Å²) in [6.45, 7) is 2.33. The predicted molar refractivity (Wildman–Crippen MR) is 103 cm³/mol. The van der Waals surface area contributed by atoms with Crippen molar-refractivity contribution in [3.63, 3.8) is 0 Å². The van der Waals surface area contributed by atoms with Gasteiger partial charge in [0.15, 0.2) is 0 Å². The molecule has 0 bridgehead atoms. The number of nitrogens with zero attached hydrogens (tertiary/aromatic N) is 2. The molecular weight excluding hydrogens is 324 g/mol. The van der Waals surface area contributed by atoms with Crippen molar-refractivity contribution in [3.8, 4) is 0 Å². The molecule has 2 fully saturated rings. The Bertz CT molecular complexity index is 658. The second-order valence-corrected chi connectivity index (χ2v) is 8.16. The third-order valence-electron chi connectivity index (χ3n) is 6.49. The first-order chi connectivity index (χ1) is 12.7. The number of likely N-dealkylation sites (tertiary alicyclic amines) is 1. The summed E-state index contributed by atoms with van der Waals surface area (Å²) in [7, 11) is 0. The van der Waals surface area contributed by atoms with Gasteiger partial charge in [-0.25, -0.2) is 0 Å². The zero-order chi connectivity index (χ0) is 17.9. The lowest BCUT2D eigenvalue weighted by Crippen LogP contribution is -2.47. The first-order valence-electron chi connectivity index (χ1n) is 10.4. The largest absolute Gasteiger partial charge is 0.342 e. The fourth-order valence-corrected chi connectivity index (χ4v) is 4.94. The fraction of sp³-hybridized carbons (Fsp3) is 0.636. The van der Waals surface area contributed by atoms with Crippen LogP contribution < -0.4 is 4.90 Å². The van der Waals surface area contributed by atoms with Crippen LogP contribution >= 0.6 is 0 Å². The zero-order valence-corrected chi connectivity index (χ0v) is 15.7. The van der Waals surface area contributed by atoms with Gasteiger partial charge in [-0.05, 0) is 50.2 Å². The van der Waals surface area contributed by atoms with E-state index in [2.05, 4.69) is 18.2 Å². The van der Waals surface area contributed by atoms with Gasteiger partial charge < -0.3 is 9.80 Å². The molecule has 0 radical (unpaired) electrons. The van der Waals surface area contributed by atoms with E-state index in [9.17, 15) is 9.59 Å². The van der Waals surface area contributed by atoms with Gasteiger partial charge in [0.25, 0.3) is 0 Å². The summed E-state index contributed by atoms with van der Waals surface area (Å²) in [5, 5.41) is 0. The van der Waals surface area contributed by atoms with Crippen LogP contribution in [0.3, 0.4) is 0 Å². The zero-order valence-electron chi connectivity index (χ0n) is 15.7. The number of para-hydroxylation sites is 1. The second kappa shape index (κ2) is 7.81. The maximum atomic E-state index is 13.1. The summed E-state index contributed by atoms with van der Waals surface area (Å²) >= 11 is 0. The fourth-order valence-electron chi connectivity index (χ4n) is 4.94. The Hall–Kier alpha value is -1.84. The normalized spacial score (nSPS) is 22.2. The van der Waals surface area contributed by atoms with Gasteiger partial charge in [-0.3, -0.25) is 9.59 Å². The molecule has 4 nitrogen and oxygen atoms in total. The Morgan fingerprint density at radius 3 is 2.23 bits per heavy atom. The number of carbonyl (C=O) groups excluding carboxylic acids is 2. The van der Waals surface area contributed by atoms with E-state index in [1.165, 1.54) is 24.8 Å². The highest BCUT2D eigenvalue weighted by Crippen LogP contribution is 2.31. The topological polar surface area (TPSA) is 40.6 Å². The summed E-state index contributed by atoms with van der Waals surface area (Å²) in [5.41, 5.74) is 2.39. The lowest BCUT2D eigenvalue weighted by atomic mass is 9.87. The minimum Gasteiger partial charge on any atom is -0.342 e. The number of hydrogen-bond acceptors (Lipinski definition) is 2. The molecule has 1 aromatic rings. The lowest BCUT2D eigenvalue weighted by molar-refractivity contribution is -0.139. The molecule has 0 unspecified atom stereocenters. The molecule has 140 valence electrons. The van der Waals surface area contributed by atoms with Gasteiger partial charge in [-0.1, -0.05) is 37.5 Å². The number of rotatable bonds is 2. The molecular formula is C22H30N2O2. The lowest BCUT2D eigenvalue weighted by Gasteiger charge is -2.37. The van der Waals surface area contributed by atoms with Crippen molar-refractivity contribution in [1.82, 2.24) is 4.90 Å². The Morgan fingerprint density at radius 2 is 1.46 bits per heavy atom. The number of fused-ring (bicyclic) bond motifs is 1. The van der Waals surface area contributed by atoms with E-state index in [1.54, 1.807) is 0 Å². The Balaban J connectivity index is 1.36. The molecule has 1 saturated heterocycles. The van der Waals surface area contributed by atoms with Gasteiger partial charge in [-0.15, -0.1) is 0 Å². The van der Waals surface area contributed by atoms with Crippen LogP contribution in [0.15, 0.2) is 24.3 Å². The molecule has 1 saturated carbocycles. The summed E-state index contributed by atoms with van der Waals surface area (Å²) < 4.78 is 0. The SMILES string of the molecule is O=C(C1CCCCC1)N1CCC(C(=O)N2CCCc3ccccc32)CC1. The number of carbonyl (C=O) groups is 2. The third-order valence-corrected chi connectivity index (χ3v) is 6.49. The molecule has 2 heterocycles. The van der Waals surface area contributed by atoms with Crippen LogP contribution in [-0.2, 0) is 16.0 Å². The van der Waals surface area contributed by atoms with Crippen LogP contribution in [0.5, 0.6) is 0 Å². The molecule has 26 heavy (non-hydrogen) atoms. The van der Waals surface area contributed by atoms with Crippen LogP contribution in [0.25, 0.3) is 0 Å². The molecule has 0 N–H and O–H groups in total. The quantitative estimate of drug-likeness (QED) is 0.811. The summed E-state index contributed by atoms with van der Waals surface area (Å²) in [6.07, 6.45) is 9.52. The standard InChI is InChI=1S/C22H30N2O2/c25-21(18-8-2-1-3-9-18)23-15-12-19(13-16-23)22(26)24-14-6-10-17-7-4-5-11-20(17)24/h4-5,7,11,18-19H,1-3,6,8-10,12-16H2. The maximum Gasteiger partial charge on any atom is 0.230 e. The van der Waals surface area contributed by atoms with Crippen molar-refractivity contribution < 1.29 is 9.59 Å². The highest BCUT2D eigenvalue weighted by atomic mass is 16.2. The molecule has 4 heteroatoms. The molecule has 4 rings (SSSR count). The molecule has 2 amide bonds. The van der Waals surface area contributed by atoms with E-state index in [0.29, 0.717) is 5.91 Å². The van der Waals surface area contributed by atoms with Gasteiger partial charge in [0.1, 0.15) is 0 Å². The van der Waals surface area contributed by atoms with Crippen LogP contribution in [-0.4, -0.2) is 36.3 Å². The summed E-state index contributed by atoms with van der Waals surface area (Å²) in [4.78, 5) is 29.9. The van der Waals surface area contributed by atoms with Crippen molar-refractivity contribution in [2.45, 2.75) is 57.8 Å². The molecule has 0 atom stereocenters. The van der Waals surface area contributed by atoms with Crippen LogP contribution in [0.1, 0.15) is 56.9 Å². The van der Waals surface area contributed by atoms with E-state index < -0.39 is 0 Å². The van der Waals surface area contributed by atoms with Crippen molar-refractivity contribution >= 4 is 17.5 Å². The van der Waals surface area contributed by atoms with E-state index in [1.807, 2.05) is 15.9 Å². The third kappa shape index (κ3) is 3.51. The van der Waals surface area contributed by atoms with Crippen molar-refractivity contribution in [2.24, 2.45) is 11.8 Å². The Kier molecular flexibility index (Phi) is 5.28. The first kappa shape index (κ1) is 17.6. The van der Waals surface area contributed by atoms with Gasteiger partial charge in [0, 0.05) is 37.2 Å². The first-order valence-corrected chi connectivity index (χ1v) is 10.4. The molecule has 0 aromatic heterocycles. The van der Waals surface area contributed by atoms with E-state index in [4.69, 9.17) is 0 Å². The number of amides is 2. The van der Waals surface area contributed by atoms with E-state index in [-0.39, 0.29) is 17.7 Å². The van der Waals surface area contributed by atoms with Gasteiger partial charge in [0.2, 0.25) is 11.8 Å². The maximum absolute atomic E-state index is 13.1. The molecule has 2 aliphatic heterocycles. The number of aryl methyl sites for hydroxylation is 1. The van der Waals surface area contributed by atoms with Crippen molar-refractivity contribution in [3.05, 3.63) is 29.8 Å². The van der Waals surface area contributed by atoms with Gasteiger partial charge in [0.05, 0.1) is 0 Å². The number of hydrogen-bond donors (Lipinski definition) is 0. The average Bonchev–Trinajstić information content (AvgIpc) is 2.73. The van der Waals surface area contributed by atoms with Crippen molar-refractivity contribution in [2.75, 3.05) is 24.5 Å². The Morgan fingerprint density at radius 1 is 0.769 bits per heavy atom. The highest BCUT2D eigenvalue weighted by Gasteiger charge is 2.34.